The van der Waals surface area contributed by atoms with Crippen molar-refractivity contribution in [1.29, 1.82) is 0 Å². The Balaban J connectivity index is 0.00000121. The van der Waals surface area contributed by atoms with E-state index in [9.17, 15) is 4.79 Å². The third-order valence-electron chi connectivity index (χ3n) is 3.48. The van der Waals surface area contributed by atoms with Crippen molar-refractivity contribution in [2.75, 3.05) is 6.54 Å². The summed E-state index contributed by atoms with van der Waals surface area (Å²) in [6.45, 7) is 3.37. The molecule has 0 unspecified atom stereocenters. The number of rotatable bonds is 2. The van der Waals surface area contributed by atoms with Crippen molar-refractivity contribution in [2.24, 2.45) is 0 Å². The summed E-state index contributed by atoms with van der Waals surface area (Å²) >= 11 is 9.67. The third kappa shape index (κ3) is 4.72. The number of benzene rings is 1. The van der Waals surface area contributed by atoms with E-state index in [2.05, 4.69) is 31.5 Å². The Hall–Kier alpha value is -0.0481. The van der Waals surface area contributed by atoms with E-state index in [1.54, 1.807) is 12.3 Å². The van der Waals surface area contributed by atoms with Crippen LogP contribution in [0.3, 0.4) is 0 Å². The van der Waals surface area contributed by atoms with E-state index in [1.807, 2.05) is 18.2 Å². The van der Waals surface area contributed by atoms with Crippen molar-refractivity contribution in [3.05, 3.63) is 74.9 Å². The molecule has 114 valence electrons. The van der Waals surface area contributed by atoms with Crippen molar-refractivity contribution in [3.63, 3.8) is 0 Å². The first-order valence-corrected chi connectivity index (χ1v) is 7.56. The molecular formula is C16H16BrClN2OU. The van der Waals surface area contributed by atoms with Gasteiger partial charge in [0.05, 0.1) is 0 Å². The molecule has 1 aliphatic rings. The second kappa shape index (κ2) is 8.71. The molecule has 0 saturated carbocycles. The number of halogens is 2. The molecule has 0 fully saturated rings. The summed E-state index contributed by atoms with van der Waals surface area (Å²) in [6.07, 6.45) is 1.75. The molecule has 3 rings (SSSR count). The Labute approximate surface area is 168 Å². The zero-order chi connectivity index (χ0) is 14.1. The van der Waals surface area contributed by atoms with Gasteiger partial charge in [0.25, 0.3) is 0 Å². The van der Waals surface area contributed by atoms with Crippen molar-refractivity contribution in [1.82, 2.24) is 9.47 Å². The van der Waals surface area contributed by atoms with Gasteiger partial charge in [0.1, 0.15) is 0 Å². The van der Waals surface area contributed by atoms with E-state index in [1.165, 1.54) is 0 Å². The van der Waals surface area contributed by atoms with E-state index in [0.717, 1.165) is 46.9 Å². The number of fused-ring (bicyclic) bond motifs is 1. The summed E-state index contributed by atoms with van der Waals surface area (Å²) in [7, 11) is 0. The maximum Gasteiger partial charge on any atom is 2.00 e. The first-order valence-electron chi connectivity index (χ1n) is 6.39. The van der Waals surface area contributed by atoms with Gasteiger partial charge in [-0.3, -0.25) is 4.90 Å². The van der Waals surface area contributed by atoms with Gasteiger partial charge in [0.2, 0.25) is 0 Å². The van der Waals surface area contributed by atoms with Crippen LogP contribution in [0.15, 0.2) is 39.7 Å². The van der Waals surface area contributed by atoms with Crippen LogP contribution >= 0.6 is 27.5 Å². The van der Waals surface area contributed by atoms with Gasteiger partial charge in [-0.25, -0.2) is 0 Å². The number of hydrogen-bond donors (Lipinski definition) is 0. The van der Waals surface area contributed by atoms with Crippen LogP contribution in [0.2, 0.25) is 5.02 Å². The average molecular weight is 606 g/mol. The average Bonchev–Trinajstić information content (AvgIpc) is 2.41. The Morgan fingerprint density at radius 1 is 1.27 bits per heavy atom. The topological polar surface area (TPSA) is 25.2 Å². The fourth-order valence-corrected chi connectivity index (χ4v) is 3.16. The van der Waals surface area contributed by atoms with Gasteiger partial charge in [0, 0.05) is 41.1 Å². The summed E-state index contributed by atoms with van der Waals surface area (Å²) in [4.78, 5) is 13.7. The maximum atomic E-state index is 11.4. The van der Waals surface area contributed by atoms with Gasteiger partial charge in [-0.1, -0.05) is 39.8 Å². The molecule has 0 radical (unpaired) electrons. The molecule has 22 heavy (non-hydrogen) atoms. The van der Waals surface area contributed by atoms with Crippen LogP contribution in [0.5, 0.6) is 0 Å². The van der Waals surface area contributed by atoms with Crippen molar-refractivity contribution < 1.29 is 31.1 Å². The molecule has 0 N–H and O–H groups in total. The van der Waals surface area contributed by atoms with Gasteiger partial charge >= 0.3 is 31.1 Å². The van der Waals surface area contributed by atoms with Gasteiger partial charge in [-0.15, -0.1) is 6.07 Å². The zero-order valence-electron chi connectivity index (χ0n) is 12.3. The van der Waals surface area contributed by atoms with Crippen LogP contribution in [0.25, 0.3) is 0 Å². The normalized spacial score (nSPS) is 13.7. The van der Waals surface area contributed by atoms with Gasteiger partial charge < -0.3 is 16.8 Å². The minimum absolute atomic E-state index is 0. The molecule has 2 heterocycles. The van der Waals surface area contributed by atoms with Crippen LogP contribution in [-0.4, -0.2) is 16.0 Å². The fraction of sp³-hybridized carbons (Fsp3) is 0.250. The minimum atomic E-state index is -0.0558. The molecule has 0 atom stereocenters. The summed E-state index contributed by atoms with van der Waals surface area (Å²) in [6, 6.07) is 10.3. The molecule has 0 aliphatic carbocycles. The molecule has 0 saturated heterocycles. The SMILES string of the molecule is O=c1[c-]cn2c(c1)CN(Cc1ccc(Br)cc1Cl)CC2.[CH3-].[U+2]. The van der Waals surface area contributed by atoms with Gasteiger partial charge in [0.15, 0.2) is 0 Å². The first-order chi connectivity index (χ1) is 9.61. The molecule has 0 bridgehead atoms. The second-order valence-electron chi connectivity index (χ2n) is 4.91. The summed E-state index contributed by atoms with van der Waals surface area (Å²) in [5.41, 5.74) is 2.08. The molecular weight excluding hydrogens is 590 g/mol. The molecule has 0 spiro atoms. The van der Waals surface area contributed by atoms with Gasteiger partial charge in [-0.05, 0) is 23.4 Å². The van der Waals surface area contributed by atoms with E-state index in [-0.39, 0.29) is 44.0 Å². The Morgan fingerprint density at radius 3 is 2.77 bits per heavy atom. The van der Waals surface area contributed by atoms with Crippen LogP contribution in [0.1, 0.15) is 11.3 Å². The minimum Gasteiger partial charge on any atom is -0.383 e. The standard InChI is InChI=1S/C15H13BrClN2O.CH3.U/c16-12-2-1-11(15(17)7-12)9-18-5-6-19-4-3-14(20)8-13(19)10-18;;/h1-2,4,7-8H,5-6,9-10H2;1H3;/q2*-1;+2. The molecule has 6 heteroatoms. The molecule has 2 aromatic rings. The van der Waals surface area contributed by atoms with E-state index in [0.29, 0.717) is 0 Å². The Kier molecular flexibility index (Phi) is 7.91. The second-order valence-corrected chi connectivity index (χ2v) is 6.24. The summed E-state index contributed by atoms with van der Waals surface area (Å²) < 4.78 is 3.07. The zero-order valence-corrected chi connectivity index (χ0v) is 18.8. The molecule has 3 nitrogen and oxygen atoms in total. The van der Waals surface area contributed by atoms with Crippen LogP contribution in [0.4, 0.5) is 0 Å². The molecule has 1 aromatic heterocycles. The van der Waals surface area contributed by atoms with Crippen molar-refractivity contribution >= 4 is 27.5 Å². The first kappa shape index (κ1) is 20.0. The number of aromatic nitrogens is 1. The molecule has 1 aliphatic heterocycles. The van der Waals surface area contributed by atoms with Gasteiger partial charge in [-0.2, -0.15) is 6.07 Å². The van der Waals surface area contributed by atoms with E-state index >= 15 is 0 Å². The molecule has 0 amide bonds. The van der Waals surface area contributed by atoms with Crippen molar-refractivity contribution in [3.8, 4) is 0 Å². The van der Waals surface area contributed by atoms with Crippen LogP contribution < -0.4 is 5.43 Å². The monoisotopic (exact) mass is 604 g/mol. The number of nitrogens with zero attached hydrogens (tertiary/aromatic N) is 2. The summed E-state index contributed by atoms with van der Waals surface area (Å²) in [5, 5.41) is 0.767. The Morgan fingerprint density at radius 2 is 2.05 bits per heavy atom. The van der Waals surface area contributed by atoms with E-state index in [4.69, 9.17) is 11.6 Å². The maximum absolute atomic E-state index is 11.4. The van der Waals surface area contributed by atoms with Crippen LogP contribution in [-0.2, 0) is 19.6 Å². The smallest absolute Gasteiger partial charge is 0.383 e. The number of pyridine rings is 1. The third-order valence-corrected chi connectivity index (χ3v) is 4.33. The van der Waals surface area contributed by atoms with E-state index < -0.39 is 0 Å². The number of hydrogen-bond acceptors (Lipinski definition) is 2. The predicted octanol–water partition coefficient (Wildman–Crippen LogP) is 3.53. The molecule has 1 aromatic carbocycles. The fourth-order valence-electron chi connectivity index (χ4n) is 2.43. The van der Waals surface area contributed by atoms with Crippen molar-refractivity contribution in [2.45, 2.75) is 19.6 Å². The summed E-state index contributed by atoms with van der Waals surface area (Å²) in [5.74, 6) is 0. The predicted molar refractivity (Wildman–Crippen MR) is 89.2 cm³/mol. The largest absolute Gasteiger partial charge is 2.00 e. The van der Waals surface area contributed by atoms with Crippen LogP contribution in [0, 0.1) is 44.6 Å². The quantitative estimate of drug-likeness (QED) is 0.490. The Bertz CT molecular complexity index is 705.